The standard InChI is InChI=1S/C12H15NO3/c14-9-11-4-1-3-10(7-11)8-13-5-2-6-16-12(13)15/h1,3-4,7,14H,2,5-6,8-9H2. The normalized spacial score (nSPS) is 16.1. The third-order valence-corrected chi connectivity index (χ3v) is 2.60. The van der Waals surface area contributed by atoms with Crippen molar-refractivity contribution in [3.8, 4) is 0 Å². The Labute approximate surface area is 94.4 Å². The van der Waals surface area contributed by atoms with Gasteiger partial charge in [-0.15, -0.1) is 0 Å². The minimum Gasteiger partial charge on any atom is -0.449 e. The monoisotopic (exact) mass is 221 g/mol. The van der Waals surface area contributed by atoms with Gasteiger partial charge in [0.25, 0.3) is 0 Å². The summed E-state index contributed by atoms with van der Waals surface area (Å²) in [4.78, 5) is 13.1. The summed E-state index contributed by atoms with van der Waals surface area (Å²) < 4.78 is 4.96. The molecule has 1 aromatic carbocycles. The molecule has 1 fully saturated rings. The first-order chi connectivity index (χ1) is 7.79. The van der Waals surface area contributed by atoms with Crippen LogP contribution in [0.2, 0.25) is 0 Å². The van der Waals surface area contributed by atoms with Crippen molar-refractivity contribution >= 4 is 6.09 Å². The first-order valence-electron chi connectivity index (χ1n) is 5.40. The third-order valence-electron chi connectivity index (χ3n) is 2.60. The number of aliphatic hydroxyl groups excluding tert-OH is 1. The van der Waals surface area contributed by atoms with Gasteiger partial charge in [0.05, 0.1) is 13.2 Å². The van der Waals surface area contributed by atoms with Crippen LogP contribution in [0.4, 0.5) is 4.79 Å². The summed E-state index contributed by atoms with van der Waals surface area (Å²) in [6.07, 6.45) is 0.631. The van der Waals surface area contributed by atoms with Crippen LogP contribution in [0, 0.1) is 0 Å². The van der Waals surface area contributed by atoms with E-state index in [1.807, 2.05) is 24.3 Å². The van der Waals surface area contributed by atoms with Crippen LogP contribution < -0.4 is 0 Å². The Balaban J connectivity index is 2.04. The number of amides is 1. The molecule has 0 atom stereocenters. The fraction of sp³-hybridized carbons (Fsp3) is 0.417. The fourth-order valence-corrected chi connectivity index (χ4v) is 1.79. The third kappa shape index (κ3) is 2.52. The minimum atomic E-state index is -0.249. The van der Waals surface area contributed by atoms with Gasteiger partial charge in [-0.2, -0.15) is 0 Å². The number of cyclic esters (lactones) is 1. The Bertz CT molecular complexity index is 378. The lowest BCUT2D eigenvalue weighted by atomic mass is 10.1. The summed E-state index contributed by atoms with van der Waals surface area (Å²) in [5, 5.41) is 9.01. The van der Waals surface area contributed by atoms with Crippen molar-refractivity contribution in [2.45, 2.75) is 19.6 Å². The van der Waals surface area contributed by atoms with E-state index in [4.69, 9.17) is 9.84 Å². The second kappa shape index (κ2) is 4.99. The number of hydrogen-bond acceptors (Lipinski definition) is 3. The maximum Gasteiger partial charge on any atom is 0.410 e. The van der Waals surface area contributed by atoms with Crippen LogP contribution in [0.3, 0.4) is 0 Å². The van der Waals surface area contributed by atoms with Gasteiger partial charge in [-0.3, -0.25) is 0 Å². The van der Waals surface area contributed by atoms with Crippen molar-refractivity contribution in [2.24, 2.45) is 0 Å². The van der Waals surface area contributed by atoms with Crippen LogP contribution in [-0.4, -0.2) is 29.3 Å². The molecule has 1 N–H and O–H groups in total. The molecule has 0 bridgehead atoms. The van der Waals surface area contributed by atoms with E-state index in [1.165, 1.54) is 0 Å². The van der Waals surface area contributed by atoms with Crippen LogP contribution in [0.15, 0.2) is 24.3 Å². The van der Waals surface area contributed by atoms with E-state index in [9.17, 15) is 4.79 Å². The van der Waals surface area contributed by atoms with Gasteiger partial charge >= 0.3 is 6.09 Å². The summed E-state index contributed by atoms with van der Waals surface area (Å²) >= 11 is 0. The van der Waals surface area contributed by atoms with E-state index in [-0.39, 0.29) is 12.7 Å². The molecular formula is C12H15NO3. The molecule has 1 saturated heterocycles. The lowest BCUT2D eigenvalue weighted by Gasteiger charge is -2.26. The maximum atomic E-state index is 11.4. The number of aliphatic hydroxyl groups is 1. The van der Waals surface area contributed by atoms with Gasteiger partial charge in [0, 0.05) is 13.1 Å². The number of carbonyl (C=O) groups is 1. The van der Waals surface area contributed by atoms with E-state index in [0.717, 1.165) is 24.1 Å². The molecule has 86 valence electrons. The average Bonchev–Trinajstić information content (AvgIpc) is 2.32. The zero-order chi connectivity index (χ0) is 11.4. The smallest absolute Gasteiger partial charge is 0.410 e. The van der Waals surface area contributed by atoms with E-state index in [2.05, 4.69) is 0 Å². The highest BCUT2D eigenvalue weighted by atomic mass is 16.6. The van der Waals surface area contributed by atoms with Crippen LogP contribution in [-0.2, 0) is 17.9 Å². The quantitative estimate of drug-likeness (QED) is 0.842. The number of nitrogens with zero attached hydrogens (tertiary/aromatic N) is 1. The summed E-state index contributed by atoms with van der Waals surface area (Å²) in [6, 6.07) is 7.59. The Morgan fingerprint density at radius 1 is 1.38 bits per heavy atom. The predicted octanol–water partition coefficient (Wildman–Crippen LogP) is 1.52. The van der Waals surface area contributed by atoms with Crippen molar-refractivity contribution in [3.63, 3.8) is 0 Å². The van der Waals surface area contributed by atoms with Crippen LogP contribution in [0.1, 0.15) is 17.5 Å². The number of carbonyl (C=O) groups excluding carboxylic acids is 1. The summed E-state index contributed by atoms with van der Waals surface area (Å²) in [6.45, 7) is 1.83. The molecule has 1 aromatic rings. The summed E-state index contributed by atoms with van der Waals surface area (Å²) in [7, 11) is 0. The zero-order valence-corrected chi connectivity index (χ0v) is 9.06. The van der Waals surface area contributed by atoms with Gasteiger partial charge in [-0.05, 0) is 17.5 Å². The second-order valence-corrected chi connectivity index (χ2v) is 3.87. The molecule has 1 aliphatic rings. The zero-order valence-electron chi connectivity index (χ0n) is 9.06. The van der Waals surface area contributed by atoms with Crippen LogP contribution in [0.25, 0.3) is 0 Å². The highest BCUT2D eigenvalue weighted by Crippen LogP contribution is 2.12. The Hall–Kier alpha value is -1.55. The van der Waals surface area contributed by atoms with E-state index in [0.29, 0.717) is 13.2 Å². The maximum absolute atomic E-state index is 11.4. The van der Waals surface area contributed by atoms with Gasteiger partial charge in [0.15, 0.2) is 0 Å². The summed E-state index contributed by atoms with van der Waals surface area (Å²) in [5.41, 5.74) is 1.88. The number of ether oxygens (including phenoxy) is 1. The molecule has 0 saturated carbocycles. The molecule has 4 nitrogen and oxygen atoms in total. The Morgan fingerprint density at radius 3 is 2.94 bits per heavy atom. The largest absolute Gasteiger partial charge is 0.449 e. The number of hydrogen-bond donors (Lipinski definition) is 1. The van der Waals surface area contributed by atoms with Crippen molar-refractivity contribution in [3.05, 3.63) is 35.4 Å². The molecule has 16 heavy (non-hydrogen) atoms. The SMILES string of the molecule is O=C1OCCCN1Cc1cccc(CO)c1. The molecule has 1 heterocycles. The number of benzene rings is 1. The topological polar surface area (TPSA) is 49.8 Å². The van der Waals surface area contributed by atoms with Crippen molar-refractivity contribution in [2.75, 3.05) is 13.2 Å². The lowest BCUT2D eigenvalue weighted by Crippen LogP contribution is -2.37. The van der Waals surface area contributed by atoms with Crippen molar-refractivity contribution in [1.29, 1.82) is 0 Å². The molecule has 0 aromatic heterocycles. The van der Waals surface area contributed by atoms with Gasteiger partial charge < -0.3 is 14.7 Å². The molecule has 0 radical (unpaired) electrons. The first-order valence-corrected chi connectivity index (χ1v) is 5.40. The van der Waals surface area contributed by atoms with Crippen LogP contribution in [0.5, 0.6) is 0 Å². The Morgan fingerprint density at radius 2 is 2.19 bits per heavy atom. The first kappa shape index (κ1) is 11.0. The fourth-order valence-electron chi connectivity index (χ4n) is 1.79. The highest BCUT2D eigenvalue weighted by molar-refractivity contribution is 5.68. The van der Waals surface area contributed by atoms with Gasteiger partial charge in [-0.25, -0.2) is 4.79 Å². The lowest BCUT2D eigenvalue weighted by molar-refractivity contribution is 0.0700. The van der Waals surface area contributed by atoms with Crippen molar-refractivity contribution < 1.29 is 14.6 Å². The van der Waals surface area contributed by atoms with E-state index < -0.39 is 0 Å². The molecule has 2 rings (SSSR count). The van der Waals surface area contributed by atoms with Crippen LogP contribution >= 0.6 is 0 Å². The van der Waals surface area contributed by atoms with E-state index in [1.54, 1.807) is 4.90 Å². The molecule has 1 amide bonds. The number of rotatable bonds is 3. The Kier molecular flexibility index (Phi) is 3.41. The highest BCUT2D eigenvalue weighted by Gasteiger charge is 2.19. The second-order valence-electron chi connectivity index (χ2n) is 3.87. The van der Waals surface area contributed by atoms with Crippen molar-refractivity contribution in [1.82, 2.24) is 4.90 Å². The minimum absolute atomic E-state index is 0.0261. The van der Waals surface area contributed by atoms with Gasteiger partial charge in [0.2, 0.25) is 0 Å². The predicted molar refractivity (Wildman–Crippen MR) is 58.7 cm³/mol. The molecular weight excluding hydrogens is 206 g/mol. The molecule has 4 heteroatoms. The molecule has 0 aliphatic carbocycles. The average molecular weight is 221 g/mol. The van der Waals surface area contributed by atoms with Gasteiger partial charge in [0.1, 0.15) is 0 Å². The van der Waals surface area contributed by atoms with Gasteiger partial charge in [-0.1, -0.05) is 24.3 Å². The summed E-state index contributed by atoms with van der Waals surface area (Å²) in [5.74, 6) is 0. The molecule has 0 unspecified atom stereocenters. The molecule has 1 aliphatic heterocycles. The molecule has 0 spiro atoms. The van der Waals surface area contributed by atoms with E-state index >= 15 is 0 Å².